The van der Waals surface area contributed by atoms with Crippen LogP contribution in [0.15, 0.2) is 60.7 Å². The molecule has 3 rings (SSSR count). The molecule has 0 aliphatic carbocycles. The van der Waals surface area contributed by atoms with Gasteiger partial charge in [-0.25, -0.2) is 0 Å². The van der Waals surface area contributed by atoms with Crippen LogP contribution >= 0.6 is 0 Å². The van der Waals surface area contributed by atoms with Gasteiger partial charge in [0.25, 0.3) is 0 Å². The van der Waals surface area contributed by atoms with Crippen molar-refractivity contribution in [1.82, 2.24) is 10.2 Å². The number of carbonyl (C=O) groups is 2. The van der Waals surface area contributed by atoms with Gasteiger partial charge in [-0.3, -0.25) is 9.59 Å². The molecule has 4 heteroatoms. The zero-order valence-electron chi connectivity index (χ0n) is 14.9. The van der Waals surface area contributed by atoms with E-state index in [1.54, 1.807) is 4.90 Å². The van der Waals surface area contributed by atoms with Gasteiger partial charge in [0.05, 0.1) is 6.54 Å². The summed E-state index contributed by atoms with van der Waals surface area (Å²) in [4.78, 5) is 25.8. The molecular formula is C21H26N2O2. The Labute approximate surface area is 149 Å². The molecule has 132 valence electrons. The third-order valence-electron chi connectivity index (χ3n) is 4.17. The second-order valence-corrected chi connectivity index (χ2v) is 5.74. The van der Waals surface area contributed by atoms with Gasteiger partial charge in [-0.15, -0.1) is 0 Å². The lowest BCUT2D eigenvalue weighted by atomic mass is 9.88. The van der Waals surface area contributed by atoms with Crippen molar-refractivity contribution >= 4 is 11.8 Å². The van der Waals surface area contributed by atoms with Crippen LogP contribution in [0, 0.1) is 0 Å². The van der Waals surface area contributed by atoms with E-state index in [4.69, 9.17) is 0 Å². The largest absolute Gasteiger partial charge is 0.353 e. The summed E-state index contributed by atoms with van der Waals surface area (Å²) in [5, 5.41) is 2.75. The van der Waals surface area contributed by atoms with E-state index in [9.17, 15) is 9.59 Å². The van der Waals surface area contributed by atoms with E-state index in [0.29, 0.717) is 19.5 Å². The average molecular weight is 338 g/mol. The molecule has 1 aliphatic heterocycles. The van der Waals surface area contributed by atoms with Crippen molar-refractivity contribution in [3.8, 4) is 0 Å². The quantitative estimate of drug-likeness (QED) is 0.931. The summed E-state index contributed by atoms with van der Waals surface area (Å²) in [6.07, 6.45) is 0.376. The Balaban J connectivity index is 0.00000109. The number of piperazine rings is 1. The molecule has 0 bridgehead atoms. The molecule has 2 amide bonds. The predicted molar refractivity (Wildman–Crippen MR) is 100 cm³/mol. The standard InChI is InChI=1S/C19H20N2O2.C2H6/c22-18-14-21(12-11-20-18)19(23)13-17(15-7-3-1-4-8-15)16-9-5-2-6-10-16;1-2/h1-10,17H,11-14H2,(H,20,22);1-2H3. The Hall–Kier alpha value is -2.62. The Morgan fingerprint density at radius 2 is 1.52 bits per heavy atom. The van der Waals surface area contributed by atoms with E-state index in [1.165, 1.54) is 0 Å². The summed E-state index contributed by atoms with van der Waals surface area (Å²) in [5.41, 5.74) is 2.24. The lowest BCUT2D eigenvalue weighted by Crippen LogP contribution is -2.50. The number of benzene rings is 2. The number of hydrogen-bond acceptors (Lipinski definition) is 2. The first kappa shape index (κ1) is 18.7. The van der Waals surface area contributed by atoms with E-state index in [2.05, 4.69) is 5.32 Å². The monoisotopic (exact) mass is 338 g/mol. The fourth-order valence-corrected chi connectivity index (χ4v) is 2.95. The second-order valence-electron chi connectivity index (χ2n) is 5.74. The molecule has 1 aliphatic rings. The Morgan fingerprint density at radius 1 is 1.00 bits per heavy atom. The van der Waals surface area contributed by atoms with Gasteiger partial charge in [0.2, 0.25) is 11.8 Å². The molecule has 1 heterocycles. The summed E-state index contributed by atoms with van der Waals surface area (Å²) in [7, 11) is 0. The number of amides is 2. The zero-order valence-corrected chi connectivity index (χ0v) is 14.9. The molecule has 0 atom stereocenters. The molecule has 1 saturated heterocycles. The van der Waals surface area contributed by atoms with Crippen molar-refractivity contribution < 1.29 is 9.59 Å². The molecule has 0 aromatic heterocycles. The molecule has 1 N–H and O–H groups in total. The van der Waals surface area contributed by atoms with E-state index >= 15 is 0 Å². The summed E-state index contributed by atoms with van der Waals surface area (Å²) < 4.78 is 0. The maximum atomic E-state index is 12.6. The van der Waals surface area contributed by atoms with Gasteiger partial charge in [-0.2, -0.15) is 0 Å². The summed E-state index contributed by atoms with van der Waals surface area (Å²) in [5.74, 6) is -0.0481. The van der Waals surface area contributed by atoms with Crippen molar-refractivity contribution in [1.29, 1.82) is 0 Å². The maximum Gasteiger partial charge on any atom is 0.239 e. The van der Waals surface area contributed by atoms with Crippen LogP contribution in [0.4, 0.5) is 0 Å². The highest BCUT2D eigenvalue weighted by Crippen LogP contribution is 2.28. The lowest BCUT2D eigenvalue weighted by Gasteiger charge is -2.28. The third kappa shape index (κ3) is 5.18. The van der Waals surface area contributed by atoms with Crippen LogP contribution in [-0.4, -0.2) is 36.3 Å². The van der Waals surface area contributed by atoms with Crippen LogP contribution in [0.3, 0.4) is 0 Å². The molecule has 2 aromatic rings. The molecule has 0 radical (unpaired) electrons. The summed E-state index contributed by atoms with van der Waals surface area (Å²) in [6, 6.07) is 20.1. The molecule has 1 fully saturated rings. The predicted octanol–water partition coefficient (Wildman–Crippen LogP) is 3.19. The first-order valence-corrected chi connectivity index (χ1v) is 8.88. The van der Waals surface area contributed by atoms with Crippen LogP contribution in [0.25, 0.3) is 0 Å². The highest BCUT2D eigenvalue weighted by molar-refractivity contribution is 5.86. The fourth-order valence-electron chi connectivity index (χ4n) is 2.95. The topological polar surface area (TPSA) is 49.4 Å². The van der Waals surface area contributed by atoms with Crippen molar-refractivity contribution in [2.45, 2.75) is 26.2 Å². The molecule has 0 saturated carbocycles. The lowest BCUT2D eigenvalue weighted by molar-refractivity contribution is -0.138. The van der Waals surface area contributed by atoms with Gasteiger partial charge >= 0.3 is 0 Å². The minimum atomic E-state index is -0.0828. The number of nitrogens with one attached hydrogen (secondary N) is 1. The Kier molecular flexibility index (Phi) is 7.20. The minimum absolute atomic E-state index is 0.00916. The highest BCUT2D eigenvalue weighted by Gasteiger charge is 2.25. The van der Waals surface area contributed by atoms with Crippen LogP contribution in [0.2, 0.25) is 0 Å². The van der Waals surface area contributed by atoms with Crippen molar-refractivity contribution in [2.75, 3.05) is 19.6 Å². The molecule has 2 aromatic carbocycles. The molecule has 4 nitrogen and oxygen atoms in total. The maximum absolute atomic E-state index is 12.6. The molecule has 0 unspecified atom stereocenters. The highest BCUT2D eigenvalue weighted by atomic mass is 16.2. The van der Waals surface area contributed by atoms with Crippen LogP contribution < -0.4 is 5.32 Å². The Morgan fingerprint density at radius 3 is 2.00 bits per heavy atom. The average Bonchev–Trinajstić information content (AvgIpc) is 2.69. The first-order chi connectivity index (χ1) is 12.2. The minimum Gasteiger partial charge on any atom is -0.353 e. The van der Waals surface area contributed by atoms with E-state index in [1.807, 2.05) is 74.5 Å². The van der Waals surface area contributed by atoms with Gasteiger partial charge in [0.1, 0.15) is 0 Å². The summed E-state index contributed by atoms with van der Waals surface area (Å²) >= 11 is 0. The zero-order chi connectivity index (χ0) is 18.1. The first-order valence-electron chi connectivity index (χ1n) is 8.88. The molecule has 0 spiro atoms. The second kappa shape index (κ2) is 9.62. The van der Waals surface area contributed by atoms with Crippen LogP contribution in [-0.2, 0) is 9.59 Å². The van der Waals surface area contributed by atoms with Crippen molar-refractivity contribution in [3.63, 3.8) is 0 Å². The fraction of sp³-hybridized carbons (Fsp3) is 0.333. The van der Waals surface area contributed by atoms with Crippen LogP contribution in [0.5, 0.6) is 0 Å². The van der Waals surface area contributed by atoms with Gasteiger partial charge in [-0.1, -0.05) is 74.5 Å². The SMILES string of the molecule is CC.O=C1CN(C(=O)CC(c2ccccc2)c2ccccc2)CCN1. The van der Waals surface area contributed by atoms with E-state index in [-0.39, 0.29) is 24.3 Å². The van der Waals surface area contributed by atoms with E-state index in [0.717, 1.165) is 11.1 Å². The van der Waals surface area contributed by atoms with Gasteiger partial charge in [0, 0.05) is 25.4 Å². The summed E-state index contributed by atoms with van der Waals surface area (Å²) in [6.45, 7) is 5.28. The third-order valence-corrected chi connectivity index (χ3v) is 4.17. The normalized spacial score (nSPS) is 13.7. The van der Waals surface area contributed by atoms with Crippen molar-refractivity contribution in [3.05, 3.63) is 71.8 Å². The number of hydrogen-bond donors (Lipinski definition) is 1. The van der Waals surface area contributed by atoms with Gasteiger partial charge in [0.15, 0.2) is 0 Å². The smallest absolute Gasteiger partial charge is 0.239 e. The van der Waals surface area contributed by atoms with Gasteiger partial charge < -0.3 is 10.2 Å². The molecule has 25 heavy (non-hydrogen) atoms. The van der Waals surface area contributed by atoms with Crippen molar-refractivity contribution in [2.24, 2.45) is 0 Å². The number of rotatable bonds is 4. The number of carbonyl (C=O) groups excluding carboxylic acids is 2. The molecular weight excluding hydrogens is 312 g/mol. The van der Waals surface area contributed by atoms with E-state index < -0.39 is 0 Å². The Bertz CT molecular complexity index is 631. The number of nitrogens with zero attached hydrogens (tertiary/aromatic N) is 1. The van der Waals surface area contributed by atoms with Crippen LogP contribution in [0.1, 0.15) is 37.3 Å². The van der Waals surface area contributed by atoms with Gasteiger partial charge in [-0.05, 0) is 11.1 Å².